The smallest absolute Gasteiger partial charge is 0.341 e. The Morgan fingerprint density at radius 1 is 1.10 bits per heavy atom. The van der Waals surface area contributed by atoms with Crippen molar-refractivity contribution in [2.75, 3.05) is 13.2 Å². The van der Waals surface area contributed by atoms with Crippen molar-refractivity contribution >= 4 is 28.4 Å². The standard InChI is InChI=1S/C13H14O3.C10H9NO3/c1-2-3-6-16-10-4-5-11-9(7-10)8-12(14)13(11)15;12-10(13)6-14-9-5-7-3-1-2-4-8(7)11-9/h4-5,7H,2-3,6,8H2,1H3;1-5,11H,6H2,(H,12,13). The van der Waals surface area contributed by atoms with Crippen molar-refractivity contribution in [1.29, 1.82) is 0 Å². The minimum absolute atomic E-state index is 0.221. The molecule has 0 amide bonds. The first-order chi connectivity index (χ1) is 14.5. The summed E-state index contributed by atoms with van der Waals surface area (Å²) in [4.78, 5) is 35.8. The SMILES string of the molecule is CCCCOc1ccc2c(c1)CC(=O)C2=O.O=C(O)COc1cc2ccccc2[nH]1. The maximum absolute atomic E-state index is 11.4. The van der Waals surface area contributed by atoms with Gasteiger partial charge in [-0.15, -0.1) is 0 Å². The van der Waals surface area contributed by atoms with E-state index < -0.39 is 5.97 Å². The van der Waals surface area contributed by atoms with Crippen molar-refractivity contribution in [3.8, 4) is 11.6 Å². The number of carboxylic acids is 1. The summed E-state index contributed by atoms with van der Waals surface area (Å²) in [6.07, 6.45) is 2.32. The molecule has 0 aliphatic heterocycles. The second kappa shape index (κ2) is 9.73. The number of aromatic amines is 1. The van der Waals surface area contributed by atoms with Gasteiger partial charge in [0.25, 0.3) is 0 Å². The van der Waals surface area contributed by atoms with Gasteiger partial charge in [0, 0.05) is 29.0 Å². The zero-order chi connectivity index (χ0) is 21.5. The number of hydrogen-bond acceptors (Lipinski definition) is 5. The number of nitrogens with one attached hydrogen (secondary N) is 1. The summed E-state index contributed by atoms with van der Waals surface area (Å²) < 4.78 is 10.5. The Morgan fingerprint density at radius 3 is 2.63 bits per heavy atom. The molecule has 30 heavy (non-hydrogen) atoms. The van der Waals surface area contributed by atoms with Crippen LogP contribution < -0.4 is 9.47 Å². The number of carbonyl (C=O) groups excluding carboxylic acids is 2. The summed E-state index contributed by atoms with van der Waals surface area (Å²) in [6.45, 7) is 2.45. The molecular weight excluding hydrogens is 386 g/mol. The predicted molar refractivity (Wildman–Crippen MR) is 111 cm³/mol. The second-order valence-corrected chi connectivity index (χ2v) is 6.85. The van der Waals surface area contributed by atoms with Crippen LogP contribution in [0, 0.1) is 0 Å². The molecule has 1 heterocycles. The molecule has 2 N–H and O–H groups in total. The van der Waals surface area contributed by atoms with Crippen LogP contribution in [0.25, 0.3) is 10.9 Å². The van der Waals surface area contributed by atoms with Gasteiger partial charge in [-0.05, 0) is 36.2 Å². The van der Waals surface area contributed by atoms with Crippen molar-refractivity contribution in [2.45, 2.75) is 26.2 Å². The number of carbonyl (C=O) groups is 3. The topological polar surface area (TPSA) is 106 Å². The molecule has 2 aromatic carbocycles. The van der Waals surface area contributed by atoms with Crippen LogP contribution in [0.2, 0.25) is 0 Å². The van der Waals surface area contributed by atoms with Crippen molar-refractivity contribution in [2.24, 2.45) is 0 Å². The molecule has 0 radical (unpaired) electrons. The number of fused-ring (bicyclic) bond motifs is 2. The van der Waals surface area contributed by atoms with Crippen molar-refractivity contribution in [1.82, 2.24) is 4.98 Å². The van der Waals surface area contributed by atoms with E-state index in [-0.39, 0.29) is 24.6 Å². The fraction of sp³-hybridized carbons (Fsp3) is 0.261. The van der Waals surface area contributed by atoms with E-state index >= 15 is 0 Å². The molecule has 0 saturated heterocycles. The van der Waals surface area contributed by atoms with Crippen LogP contribution in [0.4, 0.5) is 0 Å². The highest BCUT2D eigenvalue weighted by atomic mass is 16.5. The van der Waals surface area contributed by atoms with Gasteiger partial charge in [0.15, 0.2) is 12.5 Å². The highest BCUT2D eigenvalue weighted by Crippen LogP contribution is 2.24. The number of Topliss-reactive ketones (excluding diaryl/α,β-unsaturated/α-hetero) is 2. The van der Waals surface area contributed by atoms with Crippen molar-refractivity contribution in [3.63, 3.8) is 0 Å². The Balaban J connectivity index is 0.000000172. The first kappa shape index (κ1) is 21.1. The second-order valence-electron chi connectivity index (χ2n) is 6.85. The van der Waals surface area contributed by atoms with Gasteiger partial charge < -0.3 is 19.6 Å². The van der Waals surface area contributed by atoms with Gasteiger partial charge in [-0.25, -0.2) is 4.79 Å². The molecule has 1 aliphatic rings. The molecule has 4 rings (SSSR count). The van der Waals surface area contributed by atoms with E-state index in [0.717, 1.165) is 35.1 Å². The molecule has 0 spiro atoms. The van der Waals surface area contributed by atoms with Gasteiger partial charge in [0.05, 0.1) is 6.61 Å². The van der Waals surface area contributed by atoms with E-state index in [1.165, 1.54) is 0 Å². The third-order valence-electron chi connectivity index (χ3n) is 4.55. The molecule has 3 aromatic rings. The van der Waals surface area contributed by atoms with Gasteiger partial charge >= 0.3 is 5.97 Å². The number of unbranched alkanes of at least 4 members (excludes halogenated alkanes) is 1. The fourth-order valence-electron chi connectivity index (χ4n) is 3.03. The average Bonchev–Trinajstić information content (AvgIpc) is 3.27. The number of carboxylic acid groups (broad SMARTS) is 1. The Kier molecular flexibility index (Phi) is 6.85. The van der Waals surface area contributed by atoms with E-state index in [2.05, 4.69) is 11.9 Å². The predicted octanol–water partition coefficient (Wildman–Crippen LogP) is 3.80. The molecule has 7 heteroatoms. The third-order valence-corrected chi connectivity index (χ3v) is 4.55. The molecule has 0 unspecified atom stereocenters. The maximum atomic E-state index is 11.4. The summed E-state index contributed by atoms with van der Waals surface area (Å²) >= 11 is 0. The first-order valence-electron chi connectivity index (χ1n) is 9.73. The lowest BCUT2D eigenvalue weighted by Gasteiger charge is -2.06. The summed E-state index contributed by atoms with van der Waals surface area (Å²) in [5.41, 5.74) is 2.27. The van der Waals surface area contributed by atoms with E-state index in [9.17, 15) is 14.4 Å². The molecule has 0 bridgehead atoms. The zero-order valence-corrected chi connectivity index (χ0v) is 16.6. The van der Waals surface area contributed by atoms with E-state index in [0.29, 0.717) is 18.1 Å². The molecular formula is C23H23NO6. The fourth-order valence-corrected chi connectivity index (χ4v) is 3.03. The van der Waals surface area contributed by atoms with Gasteiger partial charge in [-0.3, -0.25) is 9.59 Å². The number of benzene rings is 2. The summed E-state index contributed by atoms with van der Waals surface area (Å²) in [5.74, 6) is -0.442. The lowest BCUT2D eigenvalue weighted by Crippen LogP contribution is -2.09. The van der Waals surface area contributed by atoms with Crippen molar-refractivity contribution in [3.05, 3.63) is 59.7 Å². The van der Waals surface area contributed by atoms with Crippen LogP contribution in [-0.2, 0) is 16.0 Å². The molecule has 156 valence electrons. The minimum Gasteiger partial charge on any atom is -0.494 e. The number of aromatic nitrogens is 1. The van der Waals surface area contributed by atoms with Crippen LogP contribution in [0.15, 0.2) is 48.5 Å². The van der Waals surface area contributed by atoms with Crippen LogP contribution in [-0.4, -0.2) is 40.8 Å². The lowest BCUT2D eigenvalue weighted by molar-refractivity contribution is -0.139. The number of ether oxygens (including phenoxy) is 2. The van der Waals surface area contributed by atoms with Crippen LogP contribution in [0.3, 0.4) is 0 Å². The molecule has 7 nitrogen and oxygen atoms in total. The van der Waals surface area contributed by atoms with E-state index in [1.54, 1.807) is 24.3 Å². The number of aliphatic carboxylic acids is 1. The molecule has 0 fully saturated rings. The summed E-state index contributed by atoms with van der Waals surface area (Å²) in [5, 5.41) is 9.42. The summed E-state index contributed by atoms with van der Waals surface area (Å²) in [6, 6.07) is 14.7. The zero-order valence-electron chi connectivity index (χ0n) is 16.6. The molecule has 1 aliphatic carbocycles. The molecule has 0 saturated carbocycles. The Labute approximate surface area is 173 Å². The van der Waals surface area contributed by atoms with Crippen LogP contribution in [0.1, 0.15) is 35.7 Å². The number of para-hydroxylation sites is 1. The Bertz CT molecular complexity index is 1040. The van der Waals surface area contributed by atoms with Gasteiger partial charge in [-0.1, -0.05) is 31.5 Å². The van der Waals surface area contributed by atoms with Gasteiger partial charge in [0.1, 0.15) is 5.75 Å². The van der Waals surface area contributed by atoms with Gasteiger partial charge in [0.2, 0.25) is 11.6 Å². The highest BCUT2D eigenvalue weighted by Gasteiger charge is 2.28. The number of H-pyrrole nitrogens is 1. The highest BCUT2D eigenvalue weighted by molar-refractivity contribution is 6.47. The maximum Gasteiger partial charge on any atom is 0.341 e. The van der Waals surface area contributed by atoms with Gasteiger partial charge in [-0.2, -0.15) is 0 Å². The van der Waals surface area contributed by atoms with Crippen LogP contribution in [0.5, 0.6) is 11.6 Å². The molecule has 0 atom stereocenters. The number of rotatable bonds is 7. The Morgan fingerprint density at radius 2 is 1.90 bits per heavy atom. The largest absolute Gasteiger partial charge is 0.494 e. The third kappa shape index (κ3) is 5.26. The minimum atomic E-state index is -0.983. The molecule has 1 aromatic heterocycles. The Hall–Kier alpha value is -3.61. The normalized spacial score (nSPS) is 12.3. The lowest BCUT2D eigenvalue weighted by atomic mass is 10.1. The van der Waals surface area contributed by atoms with E-state index in [1.807, 2.05) is 24.3 Å². The summed E-state index contributed by atoms with van der Waals surface area (Å²) in [7, 11) is 0. The monoisotopic (exact) mass is 409 g/mol. The first-order valence-corrected chi connectivity index (χ1v) is 9.73. The quantitative estimate of drug-likeness (QED) is 0.454. The van der Waals surface area contributed by atoms with Crippen LogP contribution >= 0.6 is 0 Å². The number of ketones is 2. The van der Waals surface area contributed by atoms with E-state index in [4.69, 9.17) is 14.6 Å². The van der Waals surface area contributed by atoms with Crippen molar-refractivity contribution < 1.29 is 29.0 Å². The number of hydrogen-bond donors (Lipinski definition) is 2. The average molecular weight is 409 g/mol.